The molecule has 0 saturated heterocycles. The van der Waals surface area contributed by atoms with Crippen LogP contribution in [0.3, 0.4) is 0 Å². The van der Waals surface area contributed by atoms with Crippen LogP contribution >= 0.6 is 11.3 Å². The van der Waals surface area contributed by atoms with Crippen molar-refractivity contribution in [1.82, 2.24) is 26.3 Å². The van der Waals surface area contributed by atoms with Crippen LogP contribution in [0.5, 0.6) is 0 Å². The molecule has 38 heavy (non-hydrogen) atoms. The number of thiazole rings is 1. The molecule has 3 aromatic rings. The van der Waals surface area contributed by atoms with E-state index >= 15 is 0 Å². The van der Waals surface area contributed by atoms with Crippen LogP contribution in [0, 0.1) is 0 Å². The number of alkyl carbamates (subject to hydrolysis) is 1. The predicted molar refractivity (Wildman–Crippen MR) is 144 cm³/mol. The fraction of sp³-hybridized carbons (Fsp3) is 0.269. The second-order valence-electron chi connectivity index (χ2n) is 8.38. The largest absolute Gasteiger partial charge is 0.445 e. The predicted octanol–water partition coefficient (Wildman–Crippen LogP) is 3.01. The molecule has 1 heterocycles. The quantitative estimate of drug-likeness (QED) is 0.253. The molecule has 3 rings (SSSR count). The average Bonchev–Trinajstić information content (AvgIpc) is 3.39. The first-order valence-corrected chi connectivity index (χ1v) is 12.8. The highest BCUT2D eigenvalue weighted by Crippen LogP contribution is 2.15. The van der Waals surface area contributed by atoms with Gasteiger partial charge in [-0.1, -0.05) is 60.7 Å². The van der Waals surface area contributed by atoms with Gasteiger partial charge in [0.25, 0.3) is 5.91 Å². The number of carbonyl (C=O) groups is 4. The first kappa shape index (κ1) is 28.1. The third-order valence-corrected chi connectivity index (χ3v) is 5.91. The molecule has 2 atom stereocenters. The van der Waals surface area contributed by atoms with E-state index in [4.69, 9.17) is 4.74 Å². The Morgan fingerprint density at radius 1 is 0.895 bits per heavy atom. The number of aromatic nitrogens is 1. The minimum atomic E-state index is -0.855. The maximum Gasteiger partial charge on any atom is 0.407 e. The van der Waals surface area contributed by atoms with Crippen molar-refractivity contribution in [1.29, 1.82) is 0 Å². The van der Waals surface area contributed by atoms with E-state index in [1.807, 2.05) is 60.7 Å². The number of ether oxygens (including phenoxy) is 1. The third kappa shape index (κ3) is 9.54. The molecule has 11 nitrogen and oxygen atoms in total. The highest BCUT2D eigenvalue weighted by molar-refractivity contribution is 7.14. The Hall–Kier alpha value is -4.45. The van der Waals surface area contributed by atoms with Gasteiger partial charge >= 0.3 is 12.1 Å². The van der Waals surface area contributed by atoms with Gasteiger partial charge in [0.15, 0.2) is 5.13 Å². The lowest BCUT2D eigenvalue weighted by Crippen LogP contribution is -2.49. The van der Waals surface area contributed by atoms with Crippen LogP contribution in [0.15, 0.2) is 66.0 Å². The van der Waals surface area contributed by atoms with Gasteiger partial charge in [-0.15, -0.1) is 11.3 Å². The minimum absolute atomic E-state index is 0.0733. The van der Waals surface area contributed by atoms with Crippen molar-refractivity contribution in [3.63, 3.8) is 0 Å². The molecule has 0 aliphatic carbocycles. The third-order valence-electron chi connectivity index (χ3n) is 5.15. The Morgan fingerprint density at radius 3 is 2.24 bits per heavy atom. The standard InChI is InChI=1S/C26H30N6O5S/c1-17(29-26(36)37-15-20-11-7-4-8-12-20)13-27-22(33)18(2)30-23(34)21-16-38-25(31-21)32-24(35)28-14-19-9-5-3-6-10-19/h3-12,16-18H,13-15H2,1-2H3,(H,27,33)(H,29,36)(H,30,34)(H2,28,31,32,35)/t17-,18-/m0/s1. The topological polar surface area (TPSA) is 151 Å². The van der Waals surface area contributed by atoms with Gasteiger partial charge in [-0.2, -0.15) is 0 Å². The zero-order chi connectivity index (χ0) is 27.3. The monoisotopic (exact) mass is 538 g/mol. The molecule has 5 amide bonds. The SMILES string of the molecule is C[C@H](NC(=O)c1csc(NC(=O)NCc2ccccc2)n1)C(=O)NC[C@H](C)NC(=O)OCc1ccccc1. The molecule has 0 aliphatic rings. The molecular formula is C26H30N6O5S. The summed E-state index contributed by atoms with van der Waals surface area (Å²) >= 11 is 1.09. The molecule has 0 spiro atoms. The van der Waals surface area contributed by atoms with Crippen LogP contribution in [0.1, 0.15) is 35.5 Å². The fourth-order valence-corrected chi connectivity index (χ4v) is 3.80. The van der Waals surface area contributed by atoms with Crippen molar-refractivity contribution in [2.45, 2.75) is 39.1 Å². The van der Waals surface area contributed by atoms with E-state index in [2.05, 4.69) is 31.6 Å². The lowest BCUT2D eigenvalue weighted by Gasteiger charge is -2.17. The van der Waals surface area contributed by atoms with Crippen molar-refractivity contribution < 1.29 is 23.9 Å². The van der Waals surface area contributed by atoms with Crippen molar-refractivity contribution in [3.05, 3.63) is 82.9 Å². The van der Waals surface area contributed by atoms with Crippen LogP contribution in [0.2, 0.25) is 0 Å². The number of nitrogens with one attached hydrogen (secondary N) is 5. The average molecular weight is 539 g/mol. The lowest BCUT2D eigenvalue weighted by molar-refractivity contribution is -0.122. The molecule has 0 saturated carbocycles. The Kier molecular flexibility index (Phi) is 10.6. The second kappa shape index (κ2) is 14.3. The summed E-state index contributed by atoms with van der Waals surface area (Å²) in [5.74, 6) is -0.990. The van der Waals surface area contributed by atoms with Gasteiger partial charge in [0.05, 0.1) is 0 Å². The number of benzene rings is 2. The van der Waals surface area contributed by atoms with Crippen LogP contribution in [0.25, 0.3) is 0 Å². The highest BCUT2D eigenvalue weighted by Gasteiger charge is 2.20. The van der Waals surface area contributed by atoms with E-state index in [1.165, 1.54) is 12.3 Å². The summed E-state index contributed by atoms with van der Waals surface area (Å²) in [6, 6.07) is 17.0. The van der Waals surface area contributed by atoms with Crippen molar-refractivity contribution >= 4 is 40.4 Å². The molecule has 5 N–H and O–H groups in total. The molecule has 1 aromatic heterocycles. The zero-order valence-corrected chi connectivity index (χ0v) is 21.8. The Labute approximate surface area is 224 Å². The number of urea groups is 1. The summed E-state index contributed by atoms with van der Waals surface area (Å²) in [5.41, 5.74) is 1.88. The number of rotatable bonds is 11. The van der Waals surface area contributed by atoms with E-state index in [0.29, 0.717) is 6.54 Å². The number of nitrogens with zero attached hydrogens (tertiary/aromatic N) is 1. The summed E-state index contributed by atoms with van der Waals surface area (Å²) < 4.78 is 5.16. The van der Waals surface area contributed by atoms with Gasteiger partial charge in [0, 0.05) is 24.5 Å². The van der Waals surface area contributed by atoms with Gasteiger partial charge in [-0.25, -0.2) is 14.6 Å². The molecule has 12 heteroatoms. The Balaban J connectivity index is 1.35. The van der Waals surface area contributed by atoms with Gasteiger partial charge in [-0.3, -0.25) is 14.9 Å². The Bertz CT molecular complexity index is 1220. The number of hydrogen-bond donors (Lipinski definition) is 5. The number of amides is 5. The first-order valence-electron chi connectivity index (χ1n) is 11.9. The van der Waals surface area contributed by atoms with E-state index in [0.717, 1.165) is 22.5 Å². The molecule has 200 valence electrons. The van der Waals surface area contributed by atoms with E-state index in [-0.39, 0.29) is 24.0 Å². The second-order valence-corrected chi connectivity index (χ2v) is 9.24. The molecule has 0 fully saturated rings. The normalized spacial score (nSPS) is 11.9. The number of anilines is 1. The summed E-state index contributed by atoms with van der Waals surface area (Å²) in [4.78, 5) is 53.0. The maximum absolute atomic E-state index is 12.5. The Morgan fingerprint density at radius 2 is 1.55 bits per heavy atom. The van der Waals surface area contributed by atoms with E-state index < -0.39 is 36.0 Å². The summed E-state index contributed by atoms with van der Waals surface area (Å²) in [7, 11) is 0. The van der Waals surface area contributed by atoms with Gasteiger partial charge < -0.3 is 26.0 Å². The van der Waals surface area contributed by atoms with E-state index in [1.54, 1.807) is 6.92 Å². The van der Waals surface area contributed by atoms with Crippen LogP contribution in [-0.2, 0) is 22.7 Å². The first-order chi connectivity index (χ1) is 18.3. The smallest absolute Gasteiger partial charge is 0.407 e. The molecule has 0 aliphatic heterocycles. The van der Waals surface area contributed by atoms with Gasteiger partial charge in [0.1, 0.15) is 18.3 Å². The fourth-order valence-electron chi connectivity index (χ4n) is 3.11. The summed E-state index contributed by atoms with van der Waals surface area (Å²) in [5, 5.41) is 14.9. The van der Waals surface area contributed by atoms with Crippen LogP contribution in [0.4, 0.5) is 14.7 Å². The van der Waals surface area contributed by atoms with Gasteiger partial charge in [-0.05, 0) is 25.0 Å². The highest BCUT2D eigenvalue weighted by atomic mass is 32.1. The molecule has 2 aromatic carbocycles. The summed E-state index contributed by atoms with van der Waals surface area (Å²) in [6.07, 6.45) is -0.598. The molecule has 0 radical (unpaired) electrons. The van der Waals surface area contributed by atoms with Crippen molar-refractivity contribution in [2.75, 3.05) is 11.9 Å². The van der Waals surface area contributed by atoms with Crippen molar-refractivity contribution in [3.8, 4) is 0 Å². The number of hydrogen-bond acceptors (Lipinski definition) is 7. The molecule has 0 unspecified atom stereocenters. The molecular weight excluding hydrogens is 508 g/mol. The van der Waals surface area contributed by atoms with Gasteiger partial charge in [0.2, 0.25) is 5.91 Å². The minimum Gasteiger partial charge on any atom is -0.445 e. The summed E-state index contributed by atoms with van der Waals surface area (Å²) in [6.45, 7) is 3.87. The van der Waals surface area contributed by atoms with Crippen LogP contribution < -0.4 is 26.6 Å². The molecule has 0 bridgehead atoms. The lowest BCUT2D eigenvalue weighted by atomic mass is 10.2. The van der Waals surface area contributed by atoms with Crippen LogP contribution in [-0.4, -0.2) is 47.6 Å². The maximum atomic E-state index is 12.5. The van der Waals surface area contributed by atoms with E-state index in [9.17, 15) is 19.2 Å². The van der Waals surface area contributed by atoms with Crippen molar-refractivity contribution in [2.24, 2.45) is 0 Å². The zero-order valence-electron chi connectivity index (χ0n) is 21.0. The number of carbonyl (C=O) groups excluding carboxylic acids is 4.